The average Bonchev–Trinajstić information content (AvgIpc) is 2.80. The number of carboxylic acids is 1. The molecule has 1 aliphatic rings. The summed E-state index contributed by atoms with van der Waals surface area (Å²) in [6, 6.07) is 1.53. The third kappa shape index (κ3) is 3.13. The zero-order valence-electron chi connectivity index (χ0n) is 10.9. The van der Waals surface area contributed by atoms with Crippen molar-refractivity contribution in [3.8, 4) is 0 Å². The number of furan rings is 1. The molecule has 18 heavy (non-hydrogen) atoms. The number of hydrogen-bond acceptors (Lipinski definition) is 3. The van der Waals surface area contributed by atoms with E-state index in [-0.39, 0.29) is 0 Å². The summed E-state index contributed by atoms with van der Waals surface area (Å²) in [5.74, 6) is 0.526. The average molecular weight is 251 g/mol. The van der Waals surface area contributed by atoms with Gasteiger partial charge in [0.15, 0.2) is 0 Å². The van der Waals surface area contributed by atoms with Gasteiger partial charge in [0.25, 0.3) is 0 Å². The molecule has 2 heterocycles. The van der Waals surface area contributed by atoms with Gasteiger partial charge in [0.1, 0.15) is 11.3 Å². The van der Waals surface area contributed by atoms with Crippen LogP contribution in [0.15, 0.2) is 16.7 Å². The third-order valence-corrected chi connectivity index (χ3v) is 3.75. The SMILES string of the molecule is CCCC1CCN(Cc2occc2C(=O)O)CC1. The van der Waals surface area contributed by atoms with E-state index in [0.29, 0.717) is 17.9 Å². The zero-order chi connectivity index (χ0) is 13.0. The zero-order valence-corrected chi connectivity index (χ0v) is 10.9. The molecule has 0 saturated carbocycles. The van der Waals surface area contributed by atoms with Crippen molar-refractivity contribution in [3.05, 3.63) is 23.7 Å². The Hall–Kier alpha value is -1.29. The molecule has 1 aromatic rings. The van der Waals surface area contributed by atoms with Gasteiger partial charge in [-0.25, -0.2) is 4.79 Å². The number of piperidine rings is 1. The van der Waals surface area contributed by atoms with Gasteiger partial charge in [-0.1, -0.05) is 19.8 Å². The molecule has 4 nitrogen and oxygen atoms in total. The van der Waals surface area contributed by atoms with E-state index in [2.05, 4.69) is 11.8 Å². The monoisotopic (exact) mass is 251 g/mol. The first kappa shape index (κ1) is 13.1. The number of aromatic carboxylic acids is 1. The minimum atomic E-state index is -0.903. The normalized spacial score (nSPS) is 18.1. The summed E-state index contributed by atoms with van der Waals surface area (Å²) >= 11 is 0. The molecule has 100 valence electrons. The Morgan fingerprint density at radius 2 is 2.22 bits per heavy atom. The lowest BCUT2D eigenvalue weighted by atomic mass is 9.92. The van der Waals surface area contributed by atoms with Crippen LogP contribution in [0.5, 0.6) is 0 Å². The first-order valence-corrected chi connectivity index (χ1v) is 6.72. The Morgan fingerprint density at radius 3 is 2.83 bits per heavy atom. The van der Waals surface area contributed by atoms with Gasteiger partial charge in [-0.15, -0.1) is 0 Å². The number of hydrogen-bond donors (Lipinski definition) is 1. The van der Waals surface area contributed by atoms with Crippen molar-refractivity contribution >= 4 is 5.97 Å². The first-order chi connectivity index (χ1) is 8.70. The summed E-state index contributed by atoms with van der Waals surface area (Å²) in [5.41, 5.74) is 0.297. The van der Waals surface area contributed by atoms with Crippen LogP contribution in [0.2, 0.25) is 0 Å². The number of carboxylic acid groups (broad SMARTS) is 1. The van der Waals surface area contributed by atoms with Crippen molar-refractivity contribution in [1.29, 1.82) is 0 Å². The quantitative estimate of drug-likeness (QED) is 0.874. The second-order valence-electron chi connectivity index (χ2n) is 5.07. The third-order valence-electron chi connectivity index (χ3n) is 3.75. The molecule has 2 rings (SSSR count). The van der Waals surface area contributed by atoms with Crippen molar-refractivity contribution in [1.82, 2.24) is 4.90 Å². The van der Waals surface area contributed by atoms with Gasteiger partial charge >= 0.3 is 5.97 Å². The van der Waals surface area contributed by atoms with Crippen LogP contribution in [-0.2, 0) is 6.54 Å². The van der Waals surface area contributed by atoms with Gasteiger partial charge < -0.3 is 9.52 Å². The molecule has 0 bridgehead atoms. The second-order valence-corrected chi connectivity index (χ2v) is 5.07. The fraction of sp³-hybridized carbons (Fsp3) is 0.643. The van der Waals surface area contributed by atoms with E-state index in [1.54, 1.807) is 0 Å². The summed E-state index contributed by atoms with van der Waals surface area (Å²) < 4.78 is 5.28. The van der Waals surface area contributed by atoms with E-state index in [1.807, 2.05) is 0 Å². The molecule has 1 aromatic heterocycles. The molecule has 0 spiro atoms. The summed E-state index contributed by atoms with van der Waals surface area (Å²) in [6.07, 6.45) is 6.47. The standard InChI is InChI=1S/C14H21NO3/c1-2-3-11-4-7-15(8-5-11)10-13-12(14(16)17)6-9-18-13/h6,9,11H,2-5,7-8,10H2,1H3,(H,16,17). The Bertz CT molecular complexity index is 391. The topological polar surface area (TPSA) is 53.7 Å². The highest BCUT2D eigenvalue weighted by atomic mass is 16.4. The number of rotatable bonds is 5. The van der Waals surface area contributed by atoms with Crippen LogP contribution in [-0.4, -0.2) is 29.1 Å². The maximum Gasteiger partial charge on any atom is 0.339 e. The van der Waals surface area contributed by atoms with Crippen LogP contribution in [0.1, 0.15) is 48.7 Å². The molecule has 0 unspecified atom stereocenters. The highest BCUT2D eigenvalue weighted by Crippen LogP contribution is 2.23. The van der Waals surface area contributed by atoms with E-state index in [1.165, 1.54) is 38.0 Å². The molecule has 1 aliphatic heterocycles. The molecular weight excluding hydrogens is 230 g/mol. The van der Waals surface area contributed by atoms with E-state index in [9.17, 15) is 4.79 Å². The molecule has 0 radical (unpaired) electrons. The second kappa shape index (κ2) is 6.05. The Kier molecular flexibility index (Phi) is 4.42. The van der Waals surface area contributed by atoms with Crippen LogP contribution in [0.4, 0.5) is 0 Å². The van der Waals surface area contributed by atoms with Crippen LogP contribution >= 0.6 is 0 Å². The lowest BCUT2D eigenvalue weighted by molar-refractivity contribution is 0.0691. The highest BCUT2D eigenvalue weighted by Gasteiger charge is 2.21. The van der Waals surface area contributed by atoms with Crippen LogP contribution in [0.3, 0.4) is 0 Å². The predicted molar refractivity (Wildman–Crippen MR) is 68.6 cm³/mol. The molecule has 0 atom stereocenters. The van der Waals surface area contributed by atoms with E-state index >= 15 is 0 Å². The largest absolute Gasteiger partial charge is 0.478 e. The minimum Gasteiger partial charge on any atom is -0.478 e. The maximum atomic E-state index is 11.0. The van der Waals surface area contributed by atoms with E-state index < -0.39 is 5.97 Å². The fourth-order valence-corrected chi connectivity index (χ4v) is 2.70. The lowest BCUT2D eigenvalue weighted by Gasteiger charge is -2.31. The molecular formula is C14H21NO3. The fourth-order valence-electron chi connectivity index (χ4n) is 2.70. The maximum absolute atomic E-state index is 11.0. The summed E-state index contributed by atoms with van der Waals surface area (Å²) in [6.45, 7) is 4.94. The van der Waals surface area contributed by atoms with Crippen molar-refractivity contribution in [3.63, 3.8) is 0 Å². The van der Waals surface area contributed by atoms with Gasteiger partial charge in [-0.05, 0) is 37.9 Å². The van der Waals surface area contributed by atoms with Crippen molar-refractivity contribution in [2.75, 3.05) is 13.1 Å². The summed E-state index contributed by atoms with van der Waals surface area (Å²) in [4.78, 5) is 13.3. The van der Waals surface area contributed by atoms with Crippen molar-refractivity contribution in [2.24, 2.45) is 5.92 Å². The van der Waals surface area contributed by atoms with Crippen molar-refractivity contribution < 1.29 is 14.3 Å². The predicted octanol–water partition coefficient (Wildman–Crippen LogP) is 2.99. The van der Waals surface area contributed by atoms with Gasteiger partial charge in [-0.2, -0.15) is 0 Å². The number of carbonyl (C=O) groups is 1. The minimum absolute atomic E-state index is 0.297. The van der Waals surface area contributed by atoms with Gasteiger partial charge in [-0.3, -0.25) is 4.90 Å². The number of likely N-dealkylation sites (tertiary alicyclic amines) is 1. The number of nitrogens with zero attached hydrogens (tertiary/aromatic N) is 1. The van der Waals surface area contributed by atoms with Crippen molar-refractivity contribution in [2.45, 2.75) is 39.2 Å². The van der Waals surface area contributed by atoms with Gasteiger partial charge in [0.2, 0.25) is 0 Å². The molecule has 0 amide bonds. The van der Waals surface area contributed by atoms with Crippen LogP contribution in [0.25, 0.3) is 0 Å². The molecule has 0 aromatic carbocycles. The molecule has 0 aliphatic carbocycles. The molecule has 1 fully saturated rings. The highest BCUT2D eigenvalue weighted by molar-refractivity contribution is 5.88. The summed E-state index contributed by atoms with van der Waals surface area (Å²) in [7, 11) is 0. The van der Waals surface area contributed by atoms with Gasteiger partial charge in [0.05, 0.1) is 12.8 Å². The Balaban J connectivity index is 1.88. The lowest BCUT2D eigenvalue weighted by Crippen LogP contribution is -2.33. The molecule has 1 N–H and O–H groups in total. The van der Waals surface area contributed by atoms with Crippen LogP contribution in [0, 0.1) is 5.92 Å². The van der Waals surface area contributed by atoms with Crippen LogP contribution < -0.4 is 0 Å². The van der Waals surface area contributed by atoms with Gasteiger partial charge in [0, 0.05) is 0 Å². The first-order valence-electron chi connectivity index (χ1n) is 6.72. The molecule has 1 saturated heterocycles. The summed E-state index contributed by atoms with van der Waals surface area (Å²) in [5, 5.41) is 9.02. The Morgan fingerprint density at radius 1 is 1.50 bits per heavy atom. The van der Waals surface area contributed by atoms with E-state index in [4.69, 9.17) is 9.52 Å². The molecule has 4 heteroatoms. The Labute approximate surface area is 108 Å². The van der Waals surface area contributed by atoms with E-state index in [0.717, 1.165) is 19.0 Å². The smallest absolute Gasteiger partial charge is 0.339 e.